The Morgan fingerprint density at radius 1 is 1.38 bits per heavy atom. The van der Waals surface area contributed by atoms with Crippen molar-refractivity contribution in [3.8, 4) is 0 Å². The molecule has 0 aromatic rings. The van der Waals surface area contributed by atoms with E-state index in [2.05, 4.69) is 17.6 Å². The first kappa shape index (κ1) is 12.8. The van der Waals surface area contributed by atoms with E-state index in [4.69, 9.17) is 10.2 Å². The molecule has 0 radical (unpaired) electrons. The van der Waals surface area contributed by atoms with E-state index in [1.54, 1.807) is 0 Å². The van der Waals surface area contributed by atoms with Crippen LogP contribution in [-0.4, -0.2) is 41.4 Å². The van der Waals surface area contributed by atoms with Crippen molar-refractivity contribution < 1.29 is 19.8 Å². The van der Waals surface area contributed by atoms with Crippen molar-refractivity contribution in [2.45, 2.75) is 32.3 Å². The number of carbonyl (C=O) groups is 2. The highest BCUT2D eigenvalue weighted by atomic mass is 16.4. The van der Waals surface area contributed by atoms with Crippen molar-refractivity contribution in [1.29, 1.82) is 0 Å². The topological polar surface area (TPSA) is 98.7 Å². The SMILES string of the molecule is CC1(CNC(=O)NCC(O)C(=O)O)CCC1. The second kappa shape index (κ2) is 5.16. The number of aliphatic hydroxyl groups is 1. The number of rotatable bonds is 5. The Morgan fingerprint density at radius 2 is 2.00 bits per heavy atom. The first-order valence-corrected chi connectivity index (χ1v) is 5.35. The summed E-state index contributed by atoms with van der Waals surface area (Å²) in [6.45, 7) is 2.41. The summed E-state index contributed by atoms with van der Waals surface area (Å²) < 4.78 is 0. The summed E-state index contributed by atoms with van der Waals surface area (Å²) in [6.07, 6.45) is 1.85. The van der Waals surface area contributed by atoms with Gasteiger partial charge in [-0.15, -0.1) is 0 Å². The molecule has 6 heteroatoms. The van der Waals surface area contributed by atoms with E-state index in [0.29, 0.717) is 6.54 Å². The number of hydrogen-bond acceptors (Lipinski definition) is 3. The molecule has 1 aliphatic carbocycles. The molecule has 2 amide bonds. The molecule has 16 heavy (non-hydrogen) atoms. The van der Waals surface area contributed by atoms with Gasteiger partial charge in [0.2, 0.25) is 0 Å². The second-order valence-corrected chi connectivity index (χ2v) is 4.58. The average Bonchev–Trinajstić information content (AvgIpc) is 2.19. The third-order valence-corrected chi connectivity index (χ3v) is 2.98. The van der Waals surface area contributed by atoms with E-state index >= 15 is 0 Å². The highest BCUT2D eigenvalue weighted by molar-refractivity contribution is 5.76. The molecule has 1 fully saturated rings. The average molecular weight is 230 g/mol. The number of hydrogen-bond donors (Lipinski definition) is 4. The lowest BCUT2D eigenvalue weighted by Crippen LogP contribution is -2.46. The zero-order valence-electron chi connectivity index (χ0n) is 9.32. The van der Waals surface area contributed by atoms with Crippen molar-refractivity contribution in [1.82, 2.24) is 10.6 Å². The van der Waals surface area contributed by atoms with Gasteiger partial charge in [-0.1, -0.05) is 13.3 Å². The van der Waals surface area contributed by atoms with E-state index in [-0.39, 0.29) is 12.0 Å². The number of carboxylic acid groups (broad SMARTS) is 1. The fourth-order valence-electron chi connectivity index (χ4n) is 1.59. The smallest absolute Gasteiger partial charge is 0.334 e. The standard InChI is InChI=1S/C10H18N2O4/c1-10(3-2-4-10)6-12-9(16)11-5-7(13)8(14)15/h7,13H,2-6H2,1H3,(H,14,15)(H2,11,12,16). The maximum Gasteiger partial charge on any atom is 0.334 e. The zero-order valence-corrected chi connectivity index (χ0v) is 9.32. The van der Waals surface area contributed by atoms with Crippen LogP contribution in [0.4, 0.5) is 4.79 Å². The fraction of sp³-hybridized carbons (Fsp3) is 0.800. The van der Waals surface area contributed by atoms with Crippen molar-refractivity contribution in [2.24, 2.45) is 5.41 Å². The second-order valence-electron chi connectivity index (χ2n) is 4.58. The van der Waals surface area contributed by atoms with Gasteiger partial charge in [0.05, 0.1) is 6.54 Å². The molecule has 0 bridgehead atoms. The molecular weight excluding hydrogens is 212 g/mol. The molecule has 1 atom stereocenters. The van der Waals surface area contributed by atoms with Gasteiger partial charge in [-0.05, 0) is 18.3 Å². The minimum Gasteiger partial charge on any atom is -0.479 e. The third kappa shape index (κ3) is 3.69. The van der Waals surface area contributed by atoms with Crippen LogP contribution in [0.2, 0.25) is 0 Å². The highest BCUT2D eigenvalue weighted by Gasteiger charge is 2.31. The zero-order chi connectivity index (χ0) is 12.2. The highest BCUT2D eigenvalue weighted by Crippen LogP contribution is 2.39. The minimum atomic E-state index is -1.55. The summed E-state index contributed by atoms with van der Waals surface area (Å²) in [7, 11) is 0. The largest absolute Gasteiger partial charge is 0.479 e. The summed E-state index contributed by atoms with van der Waals surface area (Å²) in [6, 6.07) is -0.437. The van der Waals surface area contributed by atoms with Gasteiger partial charge in [0.25, 0.3) is 0 Å². The number of aliphatic carboxylic acids is 1. The Balaban J connectivity index is 2.13. The van der Waals surface area contributed by atoms with Gasteiger partial charge in [0.1, 0.15) is 0 Å². The number of amides is 2. The summed E-state index contributed by atoms with van der Waals surface area (Å²) in [5.74, 6) is -1.34. The summed E-state index contributed by atoms with van der Waals surface area (Å²) >= 11 is 0. The van der Waals surface area contributed by atoms with Gasteiger partial charge in [0, 0.05) is 6.54 Å². The summed E-state index contributed by atoms with van der Waals surface area (Å²) in [5, 5.41) is 22.3. The van der Waals surface area contributed by atoms with Gasteiger partial charge in [0.15, 0.2) is 6.10 Å². The van der Waals surface area contributed by atoms with E-state index in [1.807, 2.05) is 0 Å². The molecule has 6 nitrogen and oxygen atoms in total. The molecule has 0 aliphatic heterocycles. The van der Waals surface area contributed by atoms with Gasteiger partial charge >= 0.3 is 12.0 Å². The Bertz CT molecular complexity index is 276. The number of carbonyl (C=O) groups excluding carboxylic acids is 1. The predicted molar refractivity (Wildman–Crippen MR) is 57.0 cm³/mol. The number of carboxylic acids is 1. The number of aliphatic hydroxyl groups excluding tert-OH is 1. The lowest BCUT2D eigenvalue weighted by atomic mass is 9.70. The molecule has 1 rings (SSSR count). The maximum atomic E-state index is 11.2. The Labute approximate surface area is 94.0 Å². The van der Waals surface area contributed by atoms with E-state index < -0.39 is 18.1 Å². The fourth-order valence-corrected chi connectivity index (χ4v) is 1.59. The molecular formula is C10H18N2O4. The normalized spacial score (nSPS) is 19.4. The van der Waals surface area contributed by atoms with Crippen LogP contribution >= 0.6 is 0 Å². The van der Waals surface area contributed by atoms with Crippen molar-refractivity contribution in [2.75, 3.05) is 13.1 Å². The van der Waals surface area contributed by atoms with Crippen LogP contribution in [-0.2, 0) is 4.79 Å². The van der Waals surface area contributed by atoms with Crippen LogP contribution in [0.25, 0.3) is 0 Å². The maximum absolute atomic E-state index is 11.2. The Kier molecular flexibility index (Phi) is 4.12. The van der Waals surface area contributed by atoms with Gasteiger partial charge in [-0.25, -0.2) is 9.59 Å². The van der Waals surface area contributed by atoms with E-state index in [0.717, 1.165) is 12.8 Å². The first-order valence-electron chi connectivity index (χ1n) is 5.35. The lowest BCUT2D eigenvalue weighted by Gasteiger charge is -2.38. The molecule has 0 heterocycles. The van der Waals surface area contributed by atoms with Gasteiger partial charge in [-0.3, -0.25) is 0 Å². The van der Waals surface area contributed by atoms with Gasteiger partial charge < -0.3 is 20.8 Å². The van der Waals surface area contributed by atoms with Crippen molar-refractivity contribution in [3.63, 3.8) is 0 Å². The monoisotopic (exact) mass is 230 g/mol. The number of nitrogens with one attached hydrogen (secondary N) is 2. The van der Waals surface area contributed by atoms with Crippen LogP contribution in [0.5, 0.6) is 0 Å². The van der Waals surface area contributed by atoms with Crippen LogP contribution in [0.15, 0.2) is 0 Å². The molecule has 0 saturated heterocycles. The molecule has 0 spiro atoms. The number of urea groups is 1. The van der Waals surface area contributed by atoms with E-state index in [1.165, 1.54) is 6.42 Å². The molecule has 4 N–H and O–H groups in total. The van der Waals surface area contributed by atoms with E-state index in [9.17, 15) is 9.59 Å². The molecule has 1 aliphatic rings. The Hall–Kier alpha value is -1.30. The van der Waals surface area contributed by atoms with Crippen molar-refractivity contribution in [3.05, 3.63) is 0 Å². The summed E-state index contributed by atoms with van der Waals surface area (Å²) in [4.78, 5) is 21.5. The van der Waals surface area contributed by atoms with Crippen LogP contribution in [0, 0.1) is 5.41 Å². The van der Waals surface area contributed by atoms with Crippen molar-refractivity contribution >= 4 is 12.0 Å². The molecule has 92 valence electrons. The third-order valence-electron chi connectivity index (χ3n) is 2.98. The molecule has 0 aromatic heterocycles. The minimum absolute atomic E-state index is 0.183. The van der Waals surface area contributed by atoms with Crippen LogP contribution < -0.4 is 10.6 Å². The molecule has 1 saturated carbocycles. The molecule has 1 unspecified atom stereocenters. The molecule has 0 aromatic carbocycles. The van der Waals surface area contributed by atoms with Crippen LogP contribution in [0.1, 0.15) is 26.2 Å². The Morgan fingerprint density at radius 3 is 2.44 bits per heavy atom. The quantitative estimate of drug-likeness (QED) is 0.531. The van der Waals surface area contributed by atoms with Gasteiger partial charge in [-0.2, -0.15) is 0 Å². The summed E-state index contributed by atoms with van der Waals surface area (Å²) in [5.41, 5.74) is 0.183. The van der Waals surface area contributed by atoms with Crippen LogP contribution in [0.3, 0.4) is 0 Å². The lowest BCUT2D eigenvalue weighted by molar-refractivity contribution is -0.146. The predicted octanol–water partition coefficient (Wildman–Crippen LogP) is -0.0787. The first-order chi connectivity index (χ1) is 7.43.